The van der Waals surface area contributed by atoms with Gasteiger partial charge < -0.3 is 26.0 Å². The third-order valence-corrected chi connectivity index (χ3v) is 16.6. The van der Waals surface area contributed by atoms with E-state index in [-0.39, 0.29) is 63.3 Å². The van der Waals surface area contributed by atoms with Crippen molar-refractivity contribution in [2.75, 3.05) is 19.8 Å². The summed E-state index contributed by atoms with van der Waals surface area (Å²) in [4.78, 5) is 30.2. The Hall–Kier alpha value is -1.82. The van der Waals surface area contributed by atoms with E-state index in [0.29, 0.717) is 36.9 Å². The molecular formula is C39H62BrN5O5. The molecule has 5 aliphatic rings. The highest BCUT2D eigenvalue weighted by Gasteiger charge is 2.72. The van der Waals surface area contributed by atoms with Crippen molar-refractivity contribution < 1.29 is 24.2 Å². The first-order chi connectivity index (χ1) is 23.1. The second-order valence-electron chi connectivity index (χ2n) is 19.0. The molecule has 2 bridgehead atoms. The largest absolute Gasteiger partial charge is 0.481 e. The lowest BCUT2D eigenvalue weighted by molar-refractivity contribution is -0.253. The first kappa shape index (κ1) is 37.9. The van der Waals surface area contributed by atoms with E-state index in [1.165, 1.54) is 5.57 Å². The fourth-order valence-electron chi connectivity index (χ4n) is 12.2. The number of rotatable bonds is 9. The van der Waals surface area contributed by atoms with E-state index in [1.54, 1.807) is 0 Å². The van der Waals surface area contributed by atoms with E-state index in [2.05, 4.69) is 94.4 Å². The minimum Gasteiger partial charge on any atom is -0.481 e. The number of primary amides is 1. The Bertz CT molecular complexity index is 1560. The summed E-state index contributed by atoms with van der Waals surface area (Å²) >= 11 is 3.63. The smallest absolute Gasteiger partial charge is 0.307 e. The predicted octanol–water partition coefficient (Wildman–Crippen LogP) is 7.03. The summed E-state index contributed by atoms with van der Waals surface area (Å²) in [5, 5.41) is 15.7. The van der Waals surface area contributed by atoms with Crippen LogP contribution in [0.2, 0.25) is 0 Å². The summed E-state index contributed by atoms with van der Waals surface area (Å²) in [6, 6.07) is -0.271. The number of aromatic nitrogens is 3. The highest BCUT2D eigenvalue weighted by molar-refractivity contribution is 9.10. The molecule has 12 atom stereocenters. The Kier molecular flexibility index (Phi) is 9.38. The molecular weight excluding hydrogens is 698 g/mol. The summed E-state index contributed by atoms with van der Waals surface area (Å²) in [6.45, 7) is 23.7. The minimum atomic E-state index is -0.679. The molecule has 1 saturated heterocycles. The minimum absolute atomic E-state index is 0.0325. The van der Waals surface area contributed by atoms with Crippen molar-refractivity contribution in [2.24, 2.45) is 74.0 Å². The van der Waals surface area contributed by atoms with Crippen molar-refractivity contribution in [3.63, 3.8) is 0 Å². The van der Waals surface area contributed by atoms with E-state index < -0.39 is 28.7 Å². The first-order valence-corrected chi connectivity index (χ1v) is 19.7. The Morgan fingerprint density at radius 3 is 2.38 bits per heavy atom. The van der Waals surface area contributed by atoms with Gasteiger partial charge in [0.15, 0.2) is 4.73 Å². The number of halogens is 1. The summed E-state index contributed by atoms with van der Waals surface area (Å²) in [5.41, 5.74) is 11.8. The zero-order valence-corrected chi connectivity index (χ0v) is 33.6. The number of carbonyl (C=O) groups excluding carboxylic acids is 1. The van der Waals surface area contributed by atoms with Gasteiger partial charge in [-0.25, -0.2) is 4.68 Å². The molecule has 1 amide bonds. The summed E-state index contributed by atoms with van der Waals surface area (Å²) in [6.07, 6.45) is 7.48. The average molecular weight is 761 g/mol. The molecule has 0 radical (unpaired) electrons. The molecule has 1 aliphatic heterocycles. The van der Waals surface area contributed by atoms with Gasteiger partial charge in [-0.15, -0.1) is 5.10 Å². The molecule has 10 nitrogen and oxygen atoms in total. The molecule has 0 spiro atoms. The quantitative estimate of drug-likeness (QED) is 0.227. The van der Waals surface area contributed by atoms with Crippen molar-refractivity contribution in [2.45, 2.75) is 125 Å². The van der Waals surface area contributed by atoms with Crippen LogP contribution in [0.1, 0.15) is 124 Å². The van der Waals surface area contributed by atoms with Crippen LogP contribution in [-0.2, 0) is 14.3 Å². The van der Waals surface area contributed by atoms with Gasteiger partial charge in [0.1, 0.15) is 0 Å². The number of nitrogens with two attached hydrogens (primary N) is 2. The van der Waals surface area contributed by atoms with Gasteiger partial charge in [-0.3, -0.25) is 9.59 Å². The van der Waals surface area contributed by atoms with Crippen LogP contribution in [0, 0.1) is 62.6 Å². The van der Waals surface area contributed by atoms with Crippen molar-refractivity contribution in [1.82, 2.24) is 14.8 Å². The normalized spacial score (nSPS) is 42.9. The predicted molar refractivity (Wildman–Crippen MR) is 196 cm³/mol. The third-order valence-electron chi connectivity index (χ3n) is 16.1. The molecule has 50 heavy (non-hydrogen) atoms. The maximum absolute atomic E-state index is 13.5. The molecule has 4 aliphatic carbocycles. The molecule has 280 valence electrons. The van der Waals surface area contributed by atoms with Crippen LogP contribution in [0.25, 0.3) is 0 Å². The van der Waals surface area contributed by atoms with Gasteiger partial charge in [0, 0.05) is 16.4 Å². The van der Waals surface area contributed by atoms with E-state index in [4.69, 9.17) is 20.9 Å². The Balaban J connectivity index is 1.48. The molecule has 5 N–H and O–H groups in total. The van der Waals surface area contributed by atoms with Gasteiger partial charge in [0.05, 0.1) is 37.9 Å². The molecule has 6 rings (SSSR count). The van der Waals surface area contributed by atoms with E-state index in [1.807, 2.05) is 11.6 Å². The molecule has 4 fully saturated rings. The van der Waals surface area contributed by atoms with E-state index in [9.17, 15) is 14.7 Å². The Labute approximate surface area is 307 Å². The Morgan fingerprint density at radius 1 is 1.12 bits per heavy atom. The van der Waals surface area contributed by atoms with Crippen molar-refractivity contribution >= 4 is 27.8 Å². The molecule has 0 aromatic carbocycles. The molecule has 1 unspecified atom stereocenters. The number of ether oxygens (including phenoxy) is 2. The molecule has 2 heterocycles. The fourth-order valence-corrected chi connectivity index (χ4v) is 12.7. The molecule has 3 saturated carbocycles. The van der Waals surface area contributed by atoms with Gasteiger partial charge in [-0.1, -0.05) is 74.0 Å². The van der Waals surface area contributed by atoms with Gasteiger partial charge in [0.25, 0.3) is 5.91 Å². The monoisotopic (exact) mass is 759 g/mol. The highest BCUT2D eigenvalue weighted by Crippen LogP contribution is 2.75. The van der Waals surface area contributed by atoms with Crippen molar-refractivity contribution in [3.8, 4) is 0 Å². The molecule has 1 aromatic heterocycles. The van der Waals surface area contributed by atoms with Crippen LogP contribution in [0.3, 0.4) is 0 Å². The average Bonchev–Trinajstić information content (AvgIpc) is 3.41. The SMILES string of the molecule is CC(C)[C@@H](C)[C@@]1(C)CC[C@]2(C)[C@H]3CC[C@H]4C5(C)COC[C@@]4(C[C@@H](n4nc(C(N)=O)nc4Br)[C@@H]5OC[C@](C)(N)C(C)C)C3=CC[C@@]2(C)[C@@H]1C(=O)O. The van der Waals surface area contributed by atoms with Crippen LogP contribution >= 0.6 is 15.9 Å². The van der Waals surface area contributed by atoms with Crippen molar-refractivity contribution in [1.29, 1.82) is 0 Å². The van der Waals surface area contributed by atoms with Crippen LogP contribution in [0.15, 0.2) is 16.4 Å². The topological polar surface area (TPSA) is 156 Å². The first-order valence-electron chi connectivity index (χ1n) is 18.9. The fraction of sp³-hybridized carbons (Fsp3) is 0.846. The van der Waals surface area contributed by atoms with E-state index in [0.717, 1.165) is 32.1 Å². The van der Waals surface area contributed by atoms with E-state index >= 15 is 0 Å². The number of amides is 1. The van der Waals surface area contributed by atoms with Crippen LogP contribution in [0.5, 0.6) is 0 Å². The lowest BCUT2D eigenvalue weighted by Crippen LogP contribution is -2.69. The van der Waals surface area contributed by atoms with Gasteiger partial charge in [-0.05, 0) is 107 Å². The number of fused-ring (bicyclic) bond motifs is 3. The number of hydrogen-bond acceptors (Lipinski definition) is 7. The zero-order valence-electron chi connectivity index (χ0n) is 32.0. The van der Waals surface area contributed by atoms with Crippen LogP contribution < -0.4 is 11.5 Å². The third kappa shape index (κ3) is 5.24. The highest BCUT2D eigenvalue weighted by atomic mass is 79.9. The lowest BCUT2D eigenvalue weighted by Gasteiger charge is -2.71. The number of nitrogens with zero attached hydrogens (tertiary/aromatic N) is 3. The summed E-state index contributed by atoms with van der Waals surface area (Å²) in [7, 11) is 0. The number of carboxylic acids is 1. The summed E-state index contributed by atoms with van der Waals surface area (Å²) in [5.74, 6) is -0.419. The number of carbonyl (C=O) groups is 2. The maximum atomic E-state index is 13.5. The Morgan fingerprint density at radius 2 is 1.80 bits per heavy atom. The van der Waals surface area contributed by atoms with Gasteiger partial charge in [-0.2, -0.15) is 4.98 Å². The number of aliphatic carboxylic acids is 1. The lowest BCUT2D eigenvalue weighted by atomic mass is 9.34. The second kappa shape index (κ2) is 12.4. The van der Waals surface area contributed by atoms with Crippen LogP contribution in [-0.4, -0.2) is 63.2 Å². The number of carboxylic acid groups (broad SMARTS) is 1. The molecule has 11 heteroatoms. The summed E-state index contributed by atoms with van der Waals surface area (Å²) < 4.78 is 15.9. The second-order valence-corrected chi connectivity index (χ2v) is 19.7. The van der Waals surface area contributed by atoms with Gasteiger partial charge in [0.2, 0.25) is 5.82 Å². The van der Waals surface area contributed by atoms with Crippen molar-refractivity contribution in [3.05, 3.63) is 22.2 Å². The zero-order chi connectivity index (χ0) is 37.0. The standard InChI is InChI=1S/C39H62BrN5O5/c1-21(2)23(5)34(6)15-16-36(8)24-11-12-27-35(7)18-49-20-39(27,25(24)13-14-37(36,9)28(34)32(47)48)17-26(29(35)50-19-38(10,42)22(3)4)45-33(40)43-31(44-45)30(41)46/h13,21-24,26-29H,11-12,14-20,42H2,1-10H3,(H2,41,46)(H,47,48)/t23-,24+,26-,27+,28-,29+,34-,35?,36-,37+,38+,39+/m1/s1. The van der Waals surface area contributed by atoms with Gasteiger partial charge >= 0.3 is 5.97 Å². The number of allylic oxidation sites excluding steroid dienone is 1. The number of hydrogen-bond donors (Lipinski definition) is 3. The van der Waals surface area contributed by atoms with Crippen LogP contribution in [0.4, 0.5) is 0 Å². The maximum Gasteiger partial charge on any atom is 0.307 e. The molecule has 1 aromatic rings.